The second-order valence-corrected chi connectivity index (χ2v) is 19.5. The van der Waals surface area contributed by atoms with Crippen molar-refractivity contribution in [2.75, 3.05) is 13.2 Å². The van der Waals surface area contributed by atoms with Crippen LogP contribution < -0.4 is 0 Å². The van der Waals surface area contributed by atoms with Crippen molar-refractivity contribution in [3.8, 4) is 0 Å². The second kappa shape index (κ2) is 42.7. The first-order chi connectivity index (χ1) is 28.0. The van der Waals surface area contributed by atoms with Gasteiger partial charge < -0.3 is 19.3 Å². The van der Waals surface area contributed by atoms with Crippen molar-refractivity contribution in [1.82, 2.24) is 0 Å². The van der Waals surface area contributed by atoms with Crippen molar-refractivity contribution in [2.45, 2.75) is 278 Å². The van der Waals surface area contributed by atoms with E-state index in [9.17, 15) is 14.2 Å². The minimum absolute atomic E-state index is 0.219. The normalized spacial score (nSPS) is 12.9. The van der Waals surface area contributed by atoms with Gasteiger partial charge in [0.05, 0.1) is 6.61 Å². The van der Waals surface area contributed by atoms with Crippen LogP contribution >= 0.6 is 7.82 Å². The molecule has 9 heteroatoms. The number of phosphoric ester groups is 1. The van der Waals surface area contributed by atoms with Gasteiger partial charge in [0.1, 0.15) is 6.61 Å². The summed E-state index contributed by atoms with van der Waals surface area (Å²) in [5.41, 5.74) is 0. The number of unbranched alkanes of at least 4 members (excludes halogenated alkanes) is 31. The average molecular weight is 845 g/mol. The Morgan fingerprint density at radius 2 is 0.759 bits per heavy atom. The zero-order valence-corrected chi connectivity index (χ0v) is 39.7. The van der Waals surface area contributed by atoms with Crippen LogP contribution in [-0.2, 0) is 28.2 Å². The van der Waals surface area contributed by atoms with Crippen LogP contribution in [0.3, 0.4) is 0 Å². The fraction of sp³-hybridized carbons (Fsp3) is 0.959. The van der Waals surface area contributed by atoms with E-state index in [1.54, 1.807) is 0 Å². The molecule has 2 atom stereocenters. The van der Waals surface area contributed by atoms with Gasteiger partial charge in [-0.15, -0.1) is 0 Å². The van der Waals surface area contributed by atoms with Gasteiger partial charge >= 0.3 is 19.8 Å². The van der Waals surface area contributed by atoms with E-state index in [-0.39, 0.29) is 19.4 Å². The van der Waals surface area contributed by atoms with Gasteiger partial charge in [-0.2, -0.15) is 0 Å². The minimum atomic E-state index is -4.75. The summed E-state index contributed by atoms with van der Waals surface area (Å²) in [5, 5.41) is 0. The summed E-state index contributed by atoms with van der Waals surface area (Å²) in [6, 6.07) is 0. The van der Waals surface area contributed by atoms with Crippen molar-refractivity contribution in [3.05, 3.63) is 0 Å². The van der Waals surface area contributed by atoms with Crippen molar-refractivity contribution in [3.63, 3.8) is 0 Å². The number of rotatable bonds is 46. The highest BCUT2D eigenvalue weighted by molar-refractivity contribution is 7.46. The van der Waals surface area contributed by atoms with Crippen molar-refractivity contribution in [1.29, 1.82) is 0 Å². The zero-order valence-electron chi connectivity index (χ0n) is 38.8. The number of phosphoric acid groups is 1. The van der Waals surface area contributed by atoms with Crippen molar-refractivity contribution < 1.29 is 37.9 Å². The Labute approximate surface area is 359 Å². The molecule has 2 N–H and O–H groups in total. The molecule has 0 amide bonds. The predicted molar refractivity (Wildman–Crippen MR) is 244 cm³/mol. The molecule has 0 aromatic heterocycles. The summed E-state index contributed by atoms with van der Waals surface area (Å²) in [6.45, 7) is 8.48. The van der Waals surface area contributed by atoms with Crippen LogP contribution in [0.5, 0.6) is 0 Å². The Morgan fingerprint density at radius 1 is 0.448 bits per heavy atom. The minimum Gasteiger partial charge on any atom is -0.462 e. The predicted octanol–water partition coefficient (Wildman–Crippen LogP) is 15.7. The Bertz CT molecular complexity index is 938. The molecule has 0 bridgehead atoms. The van der Waals surface area contributed by atoms with Gasteiger partial charge in [0.15, 0.2) is 6.10 Å². The fourth-order valence-electron chi connectivity index (χ4n) is 7.71. The molecule has 0 saturated heterocycles. The molecule has 0 aromatic carbocycles. The highest BCUT2D eigenvalue weighted by atomic mass is 31.2. The van der Waals surface area contributed by atoms with E-state index in [2.05, 4.69) is 32.2 Å². The molecule has 0 heterocycles. The molecule has 0 aromatic rings. The van der Waals surface area contributed by atoms with Gasteiger partial charge in [-0.05, 0) is 24.7 Å². The fourth-order valence-corrected chi connectivity index (χ4v) is 8.07. The van der Waals surface area contributed by atoms with E-state index in [1.165, 1.54) is 193 Å². The monoisotopic (exact) mass is 845 g/mol. The standard InChI is InChI=1S/C49H97O8P/c1-5-46(4)40-36-32-28-24-20-16-12-8-6-7-9-13-17-21-25-29-33-37-41-48(50)55-43-47(44-56-58(52,53)54)57-49(51)42-38-34-30-26-22-18-14-10-11-15-19-23-27-31-35-39-45(2)3/h45-47H,5-44H2,1-4H3,(H2,52,53,54)/t46?,47-/m1/s1. The molecule has 0 spiro atoms. The molecule has 8 nitrogen and oxygen atoms in total. The SMILES string of the molecule is CCC(C)CCCCCCCCCCCCCCCCCCCCC(=O)OC[C@H](COP(=O)(O)O)OC(=O)CCCCCCCCCCCCCCCCCC(C)C. The molecule has 0 rings (SSSR count). The van der Waals surface area contributed by atoms with Crippen LogP contribution in [0.4, 0.5) is 0 Å². The van der Waals surface area contributed by atoms with E-state index >= 15 is 0 Å². The second-order valence-electron chi connectivity index (χ2n) is 18.2. The summed E-state index contributed by atoms with van der Waals surface area (Å²) in [5.74, 6) is 0.874. The van der Waals surface area contributed by atoms with E-state index < -0.39 is 32.5 Å². The molecule has 0 aliphatic carbocycles. The van der Waals surface area contributed by atoms with E-state index in [0.717, 1.165) is 43.9 Å². The number of esters is 2. The van der Waals surface area contributed by atoms with E-state index in [0.29, 0.717) is 6.42 Å². The van der Waals surface area contributed by atoms with Crippen molar-refractivity contribution >= 4 is 19.8 Å². The topological polar surface area (TPSA) is 119 Å². The number of hydrogen-bond acceptors (Lipinski definition) is 6. The lowest BCUT2D eigenvalue weighted by atomic mass is 9.99. The average Bonchev–Trinajstić information content (AvgIpc) is 3.18. The van der Waals surface area contributed by atoms with Crippen LogP contribution in [0.1, 0.15) is 272 Å². The number of hydrogen-bond donors (Lipinski definition) is 2. The van der Waals surface area contributed by atoms with Gasteiger partial charge in [-0.3, -0.25) is 14.1 Å². The third-order valence-corrected chi connectivity index (χ3v) is 12.3. The third kappa shape index (κ3) is 46.1. The quantitative estimate of drug-likeness (QED) is 0.0353. The Kier molecular flexibility index (Phi) is 42.0. The van der Waals surface area contributed by atoms with Gasteiger partial charge in [0.2, 0.25) is 0 Å². The first-order valence-electron chi connectivity index (χ1n) is 25.1. The first kappa shape index (κ1) is 57.1. The molecule has 58 heavy (non-hydrogen) atoms. The smallest absolute Gasteiger partial charge is 0.462 e. The van der Waals surface area contributed by atoms with Crippen LogP contribution in [-0.4, -0.2) is 41.0 Å². The first-order valence-corrected chi connectivity index (χ1v) is 26.6. The largest absolute Gasteiger partial charge is 0.469 e. The Balaban J connectivity index is 3.77. The summed E-state index contributed by atoms with van der Waals surface area (Å²) in [7, 11) is -4.75. The van der Waals surface area contributed by atoms with Gasteiger partial charge in [0, 0.05) is 12.8 Å². The van der Waals surface area contributed by atoms with Gasteiger partial charge in [-0.25, -0.2) is 4.57 Å². The zero-order chi connectivity index (χ0) is 42.8. The van der Waals surface area contributed by atoms with Crippen LogP contribution in [0.25, 0.3) is 0 Å². The molecule has 0 saturated carbocycles. The summed E-state index contributed by atoms with van der Waals surface area (Å²) in [4.78, 5) is 43.1. The van der Waals surface area contributed by atoms with Gasteiger partial charge in [-0.1, -0.05) is 246 Å². The molecule has 0 aliphatic rings. The Morgan fingerprint density at radius 3 is 1.09 bits per heavy atom. The van der Waals surface area contributed by atoms with Crippen LogP contribution in [0.15, 0.2) is 0 Å². The maximum absolute atomic E-state index is 12.5. The number of carbonyl (C=O) groups excluding carboxylic acids is 2. The maximum atomic E-state index is 12.5. The lowest BCUT2D eigenvalue weighted by Gasteiger charge is -2.18. The highest BCUT2D eigenvalue weighted by Crippen LogP contribution is 2.36. The highest BCUT2D eigenvalue weighted by Gasteiger charge is 2.23. The molecule has 0 fully saturated rings. The number of ether oxygens (including phenoxy) is 2. The summed E-state index contributed by atoms with van der Waals surface area (Å²) < 4.78 is 26.5. The molecule has 0 radical (unpaired) electrons. The molecule has 346 valence electrons. The molecule has 1 unspecified atom stereocenters. The van der Waals surface area contributed by atoms with Crippen LogP contribution in [0.2, 0.25) is 0 Å². The van der Waals surface area contributed by atoms with Crippen LogP contribution in [0, 0.1) is 11.8 Å². The molecule has 0 aliphatic heterocycles. The molecular weight excluding hydrogens is 748 g/mol. The lowest BCUT2D eigenvalue weighted by Crippen LogP contribution is -2.29. The molecular formula is C49H97O8P. The summed E-state index contributed by atoms with van der Waals surface area (Å²) >= 11 is 0. The lowest BCUT2D eigenvalue weighted by molar-refractivity contribution is -0.161. The third-order valence-electron chi connectivity index (χ3n) is 11.8. The van der Waals surface area contributed by atoms with Gasteiger partial charge in [0.25, 0.3) is 0 Å². The van der Waals surface area contributed by atoms with E-state index in [4.69, 9.17) is 19.3 Å². The Hall–Kier alpha value is -0.950. The summed E-state index contributed by atoms with van der Waals surface area (Å²) in [6.07, 6.45) is 45.4. The number of carbonyl (C=O) groups is 2. The maximum Gasteiger partial charge on any atom is 0.469 e. The van der Waals surface area contributed by atoms with E-state index in [1.807, 2.05) is 0 Å². The van der Waals surface area contributed by atoms with Crippen molar-refractivity contribution in [2.24, 2.45) is 11.8 Å².